The predicted molar refractivity (Wildman–Crippen MR) is 120 cm³/mol. The van der Waals surface area contributed by atoms with Crippen molar-refractivity contribution in [2.75, 3.05) is 31.5 Å². The van der Waals surface area contributed by atoms with Crippen LogP contribution in [0.5, 0.6) is 0 Å². The van der Waals surface area contributed by atoms with Crippen molar-refractivity contribution in [3.63, 3.8) is 0 Å². The summed E-state index contributed by atoms with van der Waals surface area (Å²) in [7, 11) is 0. The second-order valence-electron chi connectivity index (χ2n) is 8.24. The van der Waals surface area contributed by atoms with Crippen molar-refractivity contribution < 1.29 is 9.59 Å². The van der Waals surface area contributed by atoms with Gasteiger partial charge in [0.2, 0.25) is 5.91 Å². The Hall–Kier alpha value is -2.37. The Morgan fingerprint density at radius 2 is 1.80 bits per heavy atom. The van der Waals surface area contributed by atoms with Gasteiger partial charge < -0.3 is 10.2 Å². The number of rotatable bonds is 5. The van der Waals surface area contributed by atoms with E-state index in [1.165, 1.54) is 0 Å². The van der Waals surface area contributed by atoms with E-state index >= 15 is 0 Å². The quantitative estimate of drug-likeness (QED) is 0.771. The van der Waals surface area contributed by atoms with Gasteiger partial charge >= 0.3 is 0 Å². The monoisotopic (exact) mass is 425 g/mol. The number of carbonyl (C=O) groups is 2. The number of halogens is 1. The smallest absolute Gasteiger partial charge is 0.255 e. The first-order valence-electron chi connectivity index (χ1n) is 10.8. The third-order valence-electron chi connectivity index (χ3n) is 5.98. The minimum absolute atomic E-state index is 0.00698. The number of hydrogen-bond acceptors (Lipinski definition) is 3. The minimum Gasteiger partial charge on any atom is -0.339 e. The van der Waals surface area contributed by atoms with E-state index in [0.717, 1.165) is 62.4 Å². The Kier molecular flexibility index (Phi) is 6.70. The summed E-state index contributed by atoms with van der Waals surface area (Å²) in [6.07, 6.45) is 3.93. The third kappa shape index (κ3) is 5.02. The fourth-order valence-corrected chi connectivity index (χ4v) is 4.62. The molecule has 2 aromatic rings. The van der Waals surface area contributed by atoms with Gasteiger partial charge in [0, 0.05) is 31.2 Å². The minimum atomic E-state index is -0.0899. The van der Waals surface area contributed by atoms with Crippen LogP contribution < -0.4 is 5.32 Å². The van der Waals surface area contributed by atoms with Gasteiger partial charge in [-0.1, -0.05) is 35.9 Å². The van der Waals surface area contributed by atoms with Gasteiger partial charge in [0.1, 0.15) is 0 Å². The second kappa shape index (κ2) is 9.63. The highest BCUT2D eigenvalue weighted by atomic mass is 35.5. The van der Waals surface area contributed by atoms with E-state index < -0.39 is 0 Å². The summed E-state index contributed by atoms with van der Waals surface area (Å²) >= 11 is 6.11. The van der Waals surface area contributed by atoms with Gasteiger partial charge in [0.15, 0.2) is 0 Å². The van der Waals surface area contributed by atoms with Gasteiger partial charge in [-0.25, -0.2) is 0 Å². The molecule has 0 spiro atoms. The summed E-state index contributed by atoms with van der Waals surface area (Å²) in [5.74, 6) is -0.0880. The molecule has 1 N–H and O–H groups in total. The normalized spacial score (nSPS) is 19.6. The van der Waals surface area contributed by atoms with Crippen LogP contribution >= 0.6 is 11.6 Å². The van der Waals surface area contributed by atoms with Crippen molar-refractivity contribution in [3.05, 3.63) is 64.7 Å². The van der Waals surface area contributed by atoms with Gasteiger partial charge in [-0.3, -0.25) is 14.5 Å². The van der Waals surface area contributed by atoms with Gasteiger partial charge in [-0.2, -0.15) is 0 Å². The highest BCUT2D eigenvalue weighted by Gasteiger charge is 2.28. The largest absolute Gasteiger partial charge is 0.339 e. The highest BCUT2D eigenvalue weighted by Crippen LogP contribution is 2.24. The molecule has 0 radical (unpaired) electrons. The molecule has 0 aromatic heterocycles. The third-order valence-corrected chi connectivity index (χ3v) is 6.22. The van der Waals surface area contributed by atoms with Crippen LogP contribution in [-0.2, 0) is 11.3 Å². The summed E-state index contributed by atoms with van der Waals surface area (Å²) in [6.45, 7) is 4.06. The van der Waals surface area contributed by atoms with Crippen molar-refractivity contribution in [2.24, 2.45) is 5.92 Å². The molecule has 30 heavy (non-hydrogen) atoms. The Labute approximate surface area is 183 Å². The highest BCUT2D eigenvalue weighted by molar-refractivity contribution is 6.30. The summed E-state index contributed by atoms with van der Waals surface area (Å²) in [6, 6.07) is 15.2. The topological polar surface area (TPSA) is 52.7 Å². The number of piperidine rings is 1. The lowest BCUT2D eigenvalue weighted by Gasteiger charge is -2.32. The van der Waals surface area contributed by atoms with Crippen molar-refractivity contribution in [1.29, 1.82) is 0 Å². The van der Waals surface area contributed by atoms with Crippen LogP contribution in [0.2, 0.25) is 5.02 Å². The number of anilines is 1. The fourth-order valence-electron chi connectivity index (χ4n) is 4.41. The van der Waals surface area contributed by atoms with E-state index in [0.29, 0.717) is 17.8 Å². The van der Waals surface area contributed by atoms with E-state index in [1.807, 2.05) is 47.4 Å². The summed E-state index contributed by atoms with van der Waals surface area (Å²) < 4.78 is 0. The average molecular weight is 426 g/mol. The fraction of sp³-hybridized carbons (Fsp3) is 0.417. The molecule has 2 aliphatic rings. The summed E-state index contributed by atoms with van der Waals surface area (Å²) in [5.41, 5.74) is 2.36. The van der Waals surface area contributed by atoms with Gasteiger partial charge in [-0.15, -0.1) is 0 Å². The Morgan fingerprint density at radius 3 is 2.60 bits per heavy atom. The second-order valence-corrected chi connectivity index (χ2v) is 8.67. The number of nitrogens with one attached hydrogen (secondary N) is 1. The average Bonchev–Trinajstić information content (AvgIpc) is 3.29. The molecule has 6 heteroatoms. The van der Waals surface area contributed by atoms with Crippen LogP contribution in [0.15, 0.2) is 48.5 Å². The number of amides is 2. The van der Waals surface area contributed by atoms with Gasteiger partial charge in [0.05, 0.1) is 17.2 Å². The van der Waals surface area contributed by atoms with E-state index in [1.54, 1.807) is 0 Å². The van der Waals surface area contributed by atoms with Gasteiger partial charge in [-0.05, 0) is 62.1 Å². The summed E-state index contributed by atoms with van der Waals surface area (Å²) in [4.78, 5) is 30.1. The van der Waals surface area contributed by atoms with Crippen LogP contribution in [0.1, 0.15) is 41.6 Å². The lowest BCUT2D eigenvalue weighted by molar-refractivity contribution is -0.121. The van der Waals surface area contributed by atoms with Crippen LogP contribution in [0, 0.1) is 5.92 Å². The van der Waals surface area contributed by atoms with Crippen LogP contribution in [0.4, 0.5) is 5.69 Å². The SMILES string of the molecule is O=C(Nc1ccccc1C(=O)N1CCCC1)C1CCCN(Cc2cccc(Cl)c2)C1. The number of para-hydroxylation sites is 1. The first-order valence-corrected chi connectivity index (χ1v) is 11.1. The molecular formula is C24H28ClN3O2. The van der Waals surface area contributed by atoms with Crippen molar-refractivity contribution in [1.82, 2.24) is 9.80 Å². The van der Waals surface area contributed by atoms with E-state index in [9.17, 15) is 9.59 Å². The molecule has 1 atom stereocenters. The zero-order chi connectivity index (χ0) is 20.9. The number of hydrogen-bond donors (Lipinski definition) is 1. The zero-order valence-electron chi connectivity index (χ0n) is 17.1. The Bertz CT molecular complexity index is 911. The molecule has 2 heterocycles. The Morgan fingerprint density at radius 1 is 1.00 bits per heavy atom. The molecule has 2 amide bonds. The predicted octanol–water partition coefficient (Wildman–Crippen LogP) is 4.43. The molecule has 0 saturated carbocycles. The first kappa shape index (κ1) is 20.9. The number of likely N-dealkylation sites (tertiary alicyclic amines) is 2. The number of nitrogens with zero attached hydrogens (tertiary/aromatic N) is 2. The molecule has 158 valence electrons. The molecule has 4 rings (SSSR count). The number of carbonyl (C=O) groups excluding carboxylic acids is 2. The number of benzene rings is 2. The molecule has 2 fully saturated rings. The molecule has 1 unspecified atom stereocenters. The van der Waals surface area contributed by atoms with Crippen molar-refractivity contribution in [3.8, 4) is 0 Å². The molecule has 0 aliphatic carbocycles. The first-order chi connectivity index (χ1) is 14.6. The summed E-state index contributed by atoms with van der Waals surface area (Å²) in [5, 5.41) is 3.78. The van der Waals surface area contributed by atoms with Crippen LogP contribution in [0.25, 0.3) is 0 Å². The lowest BCUT2D eigenvalue weighted by atomic mass is 9.96. The van der Waals surface area contributed by atoms with Crippen LogP contribution in [0.3, 0.4) is 0 Å². The molecule has 2 aromatic carbocycles. The maximum Gasteiger partial charge on any atom is 0.255 e. The van der Waals surface area contributed by atoms with E-state index in [2.05, 4.69) is 16.3 Å². The van der Waals surface area contributed by atoms with E-state index in [-0.39, 0.29) is 17.7 Å². The van der Waals surface area contributed by atoms with Crippen LogP contribution in [-0.4, -0.2) is 47.8 Å². The Balaban J connectivity index is 1.40. The molecule has 2 saturated heterocycles. The lowest BCUT2D eigenvalue weighted by Crippen LogP contribution is -2.40. The zero-order valence-corrected chi connectivity index (χ0v) is 17.9. The van der Waals surface area contributed by atoms with Gasteiger partial charge in [0.25, 0.3) is 5.91 Å². The molecule has 0 bridgehead atoms. The maximum atomic E-state index is 13.0. The molecule has 5 nitrogen and oxygen atoms in total. The van der Waals surface area contributed by atoms with E-state index in [4.69, 9.17) is 11.6 Å². The molecular weight excluding hydrogens is 398 g/mol. The van der Waals surface area contributed by atoms with Crippen molar-refractivity contribution in [2.45, 2.75) is 32.2 Å². The standard InChI is InChI=1S/C24H28ClN3O2/c25-20-9-5-7-18(15-20)16-27-12-6-8-19(17-27)23(29)26-22-11-2-1-10-21(22)24(30)28-13-3-4-14-28/h1-2,5,7,9-11,15,19H,3-4,6,8,12-14,16-17H2,(H,26,29). The molecule has 2 aliphatic heterocycles. The van der Waals surface area contributed by atoms with Crippen molar-refractivity contribution >= 4 is 29.1 Å². The maximum absolute atomic E-state index is 13.0.